The Kier molecular flexibility index (Phi) is 6.27. The number of hydrogen-bond acceptors (Lipinski definition) is 3. The van der Waals surface area contributed by atoms with Gasteiger partial charge in [-0.1, -0.05) is 0 Å². The molecule has 0 heterocycles. The Morgan fingerprint density at radius 1 is 1.42 bits per heavy atom. The van der Waals surface area contributed by atoms with Crippen molar-refractivity contribution in [3.63, 3.8) is 0 Å². The Balaban J connectivity index is 3.14. The van der Waals surface area contributed by atoms with Crippen LogP contribution in [0, 0.1) is 5.92 Å². The van der Waals surface area contributed by atoms with Gasteiger partial charge in [0.15, 0.2) is 0 Å². The molecule has 3 radical (unpaired) electrons. The van der Waals surface area contributed by atoms with Gasteiger partial charge in [0.05, 0.1) is 0 Å². The molecule has 0 aliphatic rings. The monoisotopic (exact) mass is 458 g/mol. The molecule has 3 atom stereocenters. The van der Waals surface area contributed by atoms with Crippen LogP contribution in [0.5, 0.6) is 5.75 Å². The Hall–Kier alpha value is -0.138. The van der Waals surface area contributed by atoms with Crippen molar-refractivity contribution in [3.8, 4) is 5.75 Å². The quantitative estimate of drug-likeness (QED) is 0.664. The van der Waals surface area contributed by atoms with E-state index in [1.807, 2.05) is 31.2 Å². The van der Waals surface area contributed by atoms with E-state index in [1.54, 1.807) is 7.11 Å². The molecule has 0 aliphatic carbocycles. The van der Waals surface area contributed by atoms with Crippen molar-refractivity contribution in [2.24, 2.45) is 5.92 Å². The summed E-state index contributed by atoms with van der Waals surface area (Å²) in [4.78, 5) is 2.21. The number of aliphatic hydroxyl groups is 1. The van der Waals surface area contributed by atoms with Gasteiger partial charge in [-0.05, 0) is 0 Å². The molecular formula is C15H24NO2Pb. The number of ether oxygens (including phenoxy) is 1. The normalized spacial score (nSPS) is 17.9. The molecule has 19 heavy (non-hydrogen) atoms. The van der Waals surface area contributed by atoms with Gasteiger partial charge in [-0.2, -0.15) is 0 Å². The molecule has 0 fully saturated rings. The van der Waals surface area contributed by atoms with Crippen LogP contribution < -0.4 is 4.74 Å². The van der Waals surface area contributed by atoms with Crippen LogP contribution in [0.2, 0.25) is 0 Å². The summed E-state index contributed by atoms with van der Waals surface area (Å²) in [5, 5.41) is 11.1. The predicted molar refractivity (Wildman–Crippen MR) is 79.6 cm³/mol. The Morgan fingerprint density at radius 2 is 2.05 bits per heavy atom. The number of benzene rings is 1. The van der Waals surface area contributed by atoms with E-state index >= 15 is 0 Å². The van der Waals surface area contributed by atoms with Crippen molar-refractivity contribution in [2.75, 3.05) is 21.2 Å². The first kappa shape index (κ1) is 16.9. The van der Waals surface area contributed by atoms with Gasteiger partial charge in [0.2, 0.25) is 0 Å². The zero-order valence-corrected chi connectivity index (χ0v) is 16.4. The Morgan fingerprint density at radius 3 is 2.53 bits per heavy atom. The first-order chi connectivity index (χ1) is 8.86. The van der Waals surface area contributed by atoms with E-state index in [2.05, 4.69) is 25.9 Å². The van der Waals surface area contributed by atoms with Gasteiger partial charge in [0.1, 0.15) is 0 Å². The average molecular weight is 458 g/mol. The molecule has 1 aromatic carbocycles. The first-order valence-electron chi connectivity index (χ1n) is 6.61. The third kappa shape index (κ3) is 3.70. The van der Waals surface area contributed by atoms with Gasteiger partial charge < -0.3 is 0 Å². The van der Waals surface area contributed by atoms with Crippen LogP contribution >= 0.6 is 0 Å². The summed E-state index contributed by atoms with van der Waals surface area (Å²) >= 11 is 1.03. The van der Waals surface area contributed by atoms with Gasteiger partial charge >= 0.3 is 133 Å². The number of rotatable bonds is 6. The van der Waals surface area contributed by atoms with Crippen LogP contribution in [-0.2, 0) is 5.60 Å². The van der Waals surface area contributed by atoms with Gasteiger partial charge in [-0.3, -0.25) is 0 Å². The van der Waals surface area contributed by atoms with Crippen molar-refractivity contribution < 1.29 is 9.84 Å². The summed E-state index contributed by atoms with van der Waals surface area (Å²) in [5.41, 5.74) is 0.148. The molecule has 1 rings (SSSR count). The van der Waals surface area contributed by atoms with Crippen LogP contribution in [0.25, 0.3) is 0 Å². The summed E-state index contributed by atoms with van der Waals surface area (Å²) in [7, 11) is 5.81. The number of nitrogens with zero attached hydrogens (tertiary/aromatic N) is 1. The van der Waals surface area contributed by atoms with E-state index in [4.69, 9.17) is 4.74 Å². The molecule has 0 aromatic heterocycles. The minimum absolute atomic E-state index is 0.186. The summed E-state index contributed by atoms with van der Waals surface area (Å²) in [6.07, 6.45) is 0.702. The molecule has 105 valence electrons. The zero-order chi connectivity index (χ0) is 14.6. The van der Waals surface area contributed by atoms with Crippen molar-refractivity contribution in [3.05, 3.63) is 29.8 Å². The molecule has 1 aromatic rings. The third-order valence-corrected chi connectivity index (χ3v) is 7.84. The van der Waals surface area contributed by atoms with Crippen molar-refractivity contribution in [1.29, 1.82) is 0 Å². The first-order valence-corrected chi connectivity index (χ1v) is 8.85. The summed E-state index contributed by atoms with van der Waals surface area (Å²) in [6, 6.07) is 7.80. The fourth-order valence-electron chi connectivity index (χ4n) is 2.39. The molecule has 3 unspecified atom stereocenters. The van der Waals surface area contributed by atoms with E-state index in [0.717, 1.165) is 37.1 Å². The second kappa shape index (κ2) is 7.04. The van der Waals surface area contributed by atoms with Gasteiger partial charge in [0, 0.05) is 0 Å². The van der Waals surface area contributed by atoms with Crippen molar-refractivity contribution in [1.82, 2.24) is 4.90 Å². The molecule has 0 aliphatic heterocycles. The van der Waals surface area contributed by atoms with E-state index < -0.39 is 5.60 Å². The maximum atomic E-state index is 11.1. The fourth-order valence-corrected chi connectivity index (χ4v) is 3.46. The molecule has 0 bridgehead atoms. The molecule has 1 N–H and O–H groups in total. The van der Waals surface area contributed by atoms with Crippen LogP contribution in [0.4, 0.5) is 0 Å². The summed E-state index contributed by atoms with van der Waals surface area (Å²) < 4.78 is 5.70. The van der Waals surface area contributed by atoms with E-state index in [1.165, 1.54) is 0 Å². The SMILES string of the molecule is CCC(O)(c1cccc(OC)c1)C(C)[CH]([Pb])N(C)C. The average Bonchev–Trinajstić information content (AvgIpc) is 2.44. The molecule has 0 saturated carbocycles. The standard InChI is InChI=1S/C15H24NO2.Pb/c1-6-15(17,12(2)11-16(3)4)13-8-7-9-14(10-13)18-5;/h7-12,17H,6H2,1-5H3;. The molecule has 0 saturated heterocycles. The second-order valence-electron chi connectivity index (χ2n) is 5.21. The molecular weight excluding hydrogens is 433 g/mol. The Labute approximate surface area is 132 Å². The second-order valence-corrected chi connectivity index (χ2v) is 7.51. The van der Waals surface area contributed by atoms with E-state index in [9.17, 15) is 5.11 Å². The van der Waals surface area contributed by atoms with Crippen molar-refractivity contribution in [2.45, 2.75) is 29.5 Å². The zero-order valence-electron chi connectivity index (χ0n) is 12.5. The van der Waals surface area contributed by atoms with Gasteiger partial charge in [-0.25, -0.2) is 0 Å². The topological polar surface area (TPSA) is 32.7 Å². The number of hydrogen-bond donors (Lipinski definition) is 1. The maximum absolute atomic E-state index is 11.1. The van der Waals surface area contributed by atoms with Gasteiger partial charge in [-0.15, -0.1) is 0 Å². The molecule has 3 nitrogen and oxygen atoms in total. The minimum atomic E-state index is -0.800. The van der Waals surface area contributed by atoms with Crippen LogP contribution in [0.3, 0.4) is 0 Å². The van der Waals surface area contributed by atoms with Crippen molar-refractivity contribution >= 4 is 25.8 Å². The fraction of sp³-hybridized carbons (Fsp3) is 0.600. The molecule has 0 spiro atoms. The molecule has 4 heteroatoms. The van der Waals surface area contributed by atoms with E-state index in [0.29, 0.717) is 10.0 Å². The number of methoxy groups -OCH3 is 1. The van der Waals surface area contributed by atoms with Crippen LogP contribution in [0.1, 0.15) is 25.8 Å². The molecule has 0 amide bonds. The van der Waals surface area contributed by atoms with Gasteiger partial charge in [0.25, 0.3) is 0 Å². The Bertz CT molecular complexity index is 411. The van der Waals surface area contributed by atoms with Crippen LogP contribution in [-0.4, -0.2) is 60.6 Å². The van der Waals surface area contributed by atoms with E-state index in [-0.39, 0.29) is 5.92 Å². The summed E-state index contributed by atoms with van der Waals surface area (Å²) in [5.74, 6) is 0.984. The summed E-state index contributed by atoms with van der Waals surface area (Å²) in [6.45, 7) is 4.18. The third-order valence-electron chi connectivity index (χ3n) is 3.89. The van der Waals surface area contributed by atoms with Crippen LogP contribution in [0.15, 0.2) is 24.3 Å². The predicted octanol–water partition coefficient (Wildman–Crippen LogP) is 1.99.